The van der Waals surface area contributed by atoms with E-state index in [-0.39, 0.29) is 11.9 Å². The van der Waals surface area contributed by atoms with Gasteiger partial charge >= 0.3 is 0 Å². The van der Waals surface area contributed by atoms with Crippen molar-refractivity contribution in [1.29, 1.82) is 5.26 Å². The number of carbonyl (C=O) groups excluding carboxylic acids is 1. The third kappa shape index (κ3) is 5.70. The fourth-order valence-corrected chi connectivity index (χ4v) is 4.56. The second-order valence-electron chi connectivity index (χ2n) is 8.94. The molecule has 1 amide bonds. The van der Waals surface area contributed by atoms with Gasteiger partial charge in [0.1, 0.15) is 5.69 Å². The number of nitrogens with one attached hydrogen (secondary N) is 1. The first kappa shape index (κ1) is 22.8. The van der Waals surface area contributed by atoms with Crippen LogP contribution >= 0.6 is 0 Å². The maximum atomic E-state index is 12.9. The maximum absolute atomic E-state index is 12.9. The minimum Gasteiger partial charge on any atom is -0.348 e. The van der Waals surface area contributed by atoms with E-state index in [1.165, 1.54) is 19.3 Å². The summed E-state index contributed by atoms with van der Waals surface area (Å²) in [6.07, 6.45) is 8.86. The van der Waals surface area contributed by atoms with Crippen LogP contribution in [-0.2, 0) is 13.0 Å². The van der Waals surface area contributed by atoms with Crippen LogP contribution < -0.4 is 5.32 Å². The van der Waals surface area contributed by atoms with E-state index >= 15 is 0 Å². The molecule has 0 spiro atoms. The Hall–Kier alpha value is -3.39. The van der Waals surface area contributed by atoms with Crippen LogP contribution in [0.3, 0.4) is 0 Å². The predicted octanol–water partition coefficient (Wildman–Crippen LogP) is 5.88. The van der Waals surface area contributed by atoms with E-state index in [1.807, 2.05) is 35.0 Å². The molecule has 1 aliphatic rings. The highest BCUT2D eigenvalue weighted by atomic mass is 16.2. The monoisotopic (exact) mass is 440 g/mol. The molecule has 1 saturated carbocycles. The number of carbonyl (C=O) groups is 1. The van der Waals surface area contributed by atoms with Gasteiger partial charge in [-0.05, 0) is 54.5 Å². The number of hydrogen-bond donors (Lipinski definition) is 1. The standard InChI is InChI=1S/C28H32N4O/c1-2-3-12-25-18-27(28(33)30-24-10-5-4-6-11-24)31-32(25)20-21-14-16-22(17-15-21)26-13-8-7-9-23(26)19-29/h7-9,13-18,24H,2-6,10-12,20H2,1H3,(H,30,33). The first-order valence-electron chi connectivity index (χ1n) is 12.1. The average Bonchev–Trinajstić information content (AvgIpc) is 3.26. The molecule has 170 valence electrons. The largest absolute Gasteiger partial charge is 0.348 e. The zero-order valence-electron chi connectivity index (χ0n) is 19.4. The summed E-state index contributed by atoms with van der Waals surface area (Å²) in [4.78, 5) is 12.9. The van der Waals surface area contributed by atoms with Crippen LogP contribution in [0.25, 0.3) is 11.1 Å². The number of aromatic nitrogens is 2. The van der Waals surface area contributed by atoms with E-state index < -0.39 is 0 Å². The lowest BCUT2D eigenvalue weighted by Gasteiger charge is -2.22. The van der Waals surface area contributed by atoms with Gasteiger partial charge in [-0.3, -0.25) is 9.48 Å². The van der Waals surface area contributed by atoms with Crippen LogP contribution in [0.1, 0.15) is 79.2 Å². The van der Waals surface area contributed by atoms with Gasteiger partial charge in [-0.25, -0.2) is 0 Å². The van der Waals surface area contributed by atoms with Gasteiger partial charge in [-0.1, -0.05) is 75.1 Å². The Morgan fingerprint density at radius 1 is 1.12 bits per heavy atom. The van der Waals surface area contributed by atoms with Gasteiger partial charge in [0, 0.05) is 11.7 Å². The highest BCUT2D eigenvalue weighted by Crippen LogP contribution is 2.24. The van der Waals surface area contributed by atoms with E-state index in [1.54, 1.807) is 0 Å². The molecular formula is C28H32N4O. The summed E-state index contributed by atoms with van der Waals surface area (Å²) in [5, 5.41) is 17.3. The third-order valence-corrected chi connectivity index (χ3v) is 6.47. The number of rotatable bonds is 8. The Kier molecular flexibility index (Phi) is 7.57. The van der Waals surface area contributed by atoms with Crippen molar-refractivity contribution in [3.63, 3.8) is 0 Å². The molecule has 1 fully saturated rings. The molecule has 0 radical (unpaired) electrons. The van der Waals surface area contributed by atoms with Crippen LogP contribution in [0.4, 0.5) is 0 Å². The quantitative estimate of drug-likeness (QED) is 0.476. The van der Waals surface area contributed by atoms with Gasteiger partial charge in [0.15, 0.2) is 0 Å². The van der Waals surface area contributed by atoms with Crippen LogP contribution in [0.15, 0.2) is 54.6 Å². The molecule has 0 saturated heterocycles. The Morgan fingerprint density at radius 2 is 1.88 bits per heavy atom. The maximum Gasteiger partial charge on any atom is 0.272 e. The van der Waals surface area contributed by atoms with E-state index in [4.69, 9.17) is 5.10 Å². The Balaban J connectivity index is 1.51. The number of unbranched alkanes of at least 4 members (excludes halogenated alkanes) is 1. The van der Waals surface area contributed by atoms with Crippen molar-refractivity contribution in [2.45, 2.75) is 70.9 Å². The summed E-state index contributed by atoms with van der Waals surface area (Å²) >= 11 is 0. The van der Waals surface area contributed by atoms with Gasteiger partial charge in [0.05, 0.1) is 18.2 Å². The highest BCUT2D eigenvalue weighted by molar-refractivity contribution is 5.92. The minimum atomic E-state index is -0.0538. The summed E-state index contributed by atoms with van der Waals surface area (Å²) in [5.41, 5.74) is 5.38. The highest BCUT2D eigenvalue weighted by Gasteiger charge is 2.20. The molecule has 0 bridgehead atoms. The topological polar surface area (TPSA) is 70.7 Å². The fraction of sp³-hybridized carbons (Fsp3) is 0.393. The Morgan fingerprint density at radius 3 is 2.61 bits per heavy atom. The molecule has 1 N–H and O–H groups in total. The minimum absolute atomic E-state index is 0.0538. The second-order valence-corrected chi connectivity index (χ2v) is 8.94. The normalized spacial score (nSPS) is 14.1. The molecule has 1 aromatic heterocycles. The average molecular weight is 441 g/mol. The zero-order chi connectivity index (χ0) is 23.0. The molecule has 33 heavy (non-hydrogen) atoms. The number of nitriles is 1. The number of hydrogen-bond acceptors (Lipinski definition) is 3. The second kappa shape index (κ2) is 11.0. The van der Waals surface area contributed by atoms with Gasteiger partial charge in [0.25, 0.3) is 5.91 Å². The van der Waals surface area contributed by atoms with E-state index in [2.05, 4.69) is 42.6 Å². The SMILES string of the molecule is CCCCc1cc(C(=O)NC2CCCCC2)nn1Cc1ccc(-c2ccccc2C#N)cc1. The Labute approximate surface area is 196 Å². The molecule has 1 aliphatic carbocycles. The smallest absolute Gasteiger partial charge is 0.272 e. The lowest BCUT2D eigenvalue weighted by atomic mass is 9.95. The summed E-state index contributed by atoms with van der Waals surface area (Å²) in [6, 6.07) is 20.4. The number of aryl methyl sites for hydroxylation is 1. The van der Waals surface area contributed by atoms with Crippen molar-refractivity contribution >= 4 is 5.91 Å². The number of amides is 1. The Bertz CT molecular complexity index is 1120. The molecule has 3 aromatic rings. The molecule has 4 rings (SSSR count). The molecule has 0 atom stereocenters. The van der Waals surface area contributed by atoms with Gasteiger partial charge in [0.2, 0.25) is 0 Å². The molecular weight excluding hydrogens is 408 g/mol. The third-order valence-electron chi connectivity index (χ3n) is 6.47. The van der Waals surface area contributed by atoms with Crippen molar-refractivity contribution in [3.05, 3.63) is 77.1 Å². The molecule has 5 heteroatoms. The van der Waals surface area contributed by atoms with E-state index in [0.29, 0.717) is 17.8 Å². The van der Waals surface area contributed by atoms with Crippen LogP contribution in [0.2, 0.25) is 0 Å². The first-order valence-corrected chi connectivity index (χ1v) is 12.1. The van der Waals surface area contributed by atoms with Crippen molar-refractivity contribution < 1.29 is 4.79 Å². The molecule has 1 heterocycles. The van der Waals surface area contributed by atoms with Crippen LogP contribution in [-0.4, -0.2) is 21.7 Å². The lowest BCUT2D eigenvalue weighted by Crippen LogP contribution is -2.36. The predicted molar refractivity (Wildman–Crippen MR) is 131 cm³/mol. The van der Waals surface area contributed by atoms with Crippen LogP contribution in [0, 0.1) is 11.3 Å². The summed E-state index contributed by atoms with van der Waals surface area (Å²) in [6.45, 7) is 2.80. The molecule has 0 aliphatic heterocycles. The number of benzene rings is 2. The van der Waals surface area contributed by atoms with Crippen molar-refractivity contribution in [1.82, 2.24) is 15.1 Å². The summed E-state index contributed by atoms with van der Waals surface area (Å²) in [7, 11) is 0. The van der Waals surface area contributed by atoms with Crippen LogP contribution in [0.5, 0.6) is 0 Å². The van der Waals surface area contributed by atoms with Gasteiger partial charge in [-0.15, -0.1) is 0 Å². The zero-order valence-corrected chi connectivity index (χ0v) is 19.4. The van der Waals surface area contributed by atoms with Crippen molar-refractivity contribution in [2.24, 2.45) is 0 Å². The molecule has 0 unspecified atom stereocenters. The summed E-state index contributed by atoms with van der Waals surface area (Å²) in [5.74, 6) is -0.0538. The first-order chi connectivity index (χ1) is 16.2. The van der Waals surface area contributed by atoms with Crippen molar-refractivity contribution in [3.8, 4) is 17.2 Å². The van der Waals surface area contributed by atoms with Gasteiger partial charge in [-0.2, -0.15) is 10.4 Å². The molecule has 5 nitrogen and oxygen atoms in total. The van der Waals surface area contributed by atoms with E-state index in [0.717, 1.165) is 54.5 Å². The lowest BCUT2D eigenvalue weighted by molar-refractivity contribution is 0.0922. The van der Waals surface area contributed by atoms with Crippen molar-refractivity contribution in [2.75, 3.05) is 0 Å². The molecule has 2 aromatic carbocycles. The number of nitrogens with zero attached hydrogens (tertiary/aromatic N) is 3. The summed E-state index contributed by atoms with van der Waals surface area (Å²) < 4.78 is 1.98. The fourth-order valence-electron chi connectivity index (χ4n) is 4.56. The van der Waals surface area contributed by atoms with Gasteiger partial charge < -0.3 is 5.32 Å². The van der Waals surface area contributed by atoms with E-state index in [9.17, 15) is 10.1 Å².